The fourth-order valence-electron chi connectivity index (χ4n) is 1.69. The average molecular weight is 254 g/mol. The van der Waals surface area contributed by atoms with Gasteiger partial charge < -0.3 is 15.4 Å². The number of hydrogen-bond acceptors (Lipinski definition) is 2. The summed E-state index contributed by atoms with van der Waals surface area (Å²) >= 11 is 0. The molecule has 1 unspecified atom stereocenters. The van der Waals surface area contributed by atoms with E-state index in [2.05, 4.69) is 10.6 Å². The summed E-state index contributed by atoms with van der Waals surface area (Å²) in [5.74, 6) is 0. The van der Waals surface area contributed by atoms with E-state index >= 15 is 0 Å². The topological polar surface area (TPSA) is 58.2 Å². The van der Waals surface area contributed by atoms with Gasteiger partial charge in [0.15, 0.2) is 0 Å². The van der Waals surface area contributed by atoms with Gasteiger partial charge in [-0.05, 0) is 17.7 Å². The molecule has 0 bridgehead atoms. The molecule has 0 aliphatic heterocycles. The highest BCUT2D eigenvalue weighted by Gasteiger charge is 2.12. The van der Waals surface area contributed by atoms with Gasteiger partial charge in [0, 0.05) is 5.69 Å². The van der Waals surface area contributed by atoms with Crippen LogP contribution in [0.25, 0.3) is 0 Å². The number of carbonyl (C=O) groups excluding carboxylic acids is 2. The number of rotatable bonds is 4. The Labute approximate surface area is 111 Å². The first-order valence-electron chi connectivity index (χ1n) is 5.92. The number of amides is 2. The minimum Gasteiger partial charge on any atom is -0.324 e. The van der Waals surface area contributed by atoms with Gasteiger partial charge in [-0.1, -0.05) is 48.5 Å². The van der Waals surface area contributed by atoms with Crippen molar-refractivity contribution in [3.05, 3.63) is 66.2 Å². The third-order valence-corrected chi connectivity index (χ3v) is 2.61. The quantitative estimate of drug-likeness (QED) is 0.824. The lowest BCUT2D eigenvalue weighted by molar-refractivity contribution is -0.109. The second kappa shape index (κ2) is 6.35. The molecule has 1 atom stereocenters. The van der Waals surface area contributed by atoms with Gasteiger partial charge in [-0.2, -0.15) is 0 Å². The van der Waals surface area contributed by atoms with Gasteiger partial charge >= 0.3 is 6.03 Å². The molecule has 0 fully saturated rings. The molecule has 19 heavy (non-hydrogen) atoms. The SMILES string of the molecule is O=CC(NC(=O)Nc1ccccc1)c1ccccc1. The van der Waals surface area contributed by atoms with Crippen LogP contribution < -0.4 is 10.6 Å². The van der Waals surface area contributed by atoms with Crippen molar-refractivity contribution in [1.29, 1.82) is 0 Å². The molecule has 0 heterocycles. The standard InChI is InChI=1S/C15H14N2O2/c18-11-14(12-7-3-1-4-8-12)17-15(19)16-13-9-5-2-6-10-13/h1-11,14H,(H2,16,17,19). The highest BCUT2D eigenvalue weighted by atomic mass is 16.2. The van der Waals surface area contributed by atoms with Crippen molar-refractivity contribution in [1.82, 2.24) is 5.32 Å². The zero-order valence-corrected chi connectivity index (χ0v) is 10.2. The van der Waals surface area contributed by atoms with Crippen LogP contribution in [-0.2, 0) is 4.79 Å². The minimum absolute atomic E-state index is 0.410. The molecule has 2 amide bonds. The van der Waals surface area contributed by atoms with Gasteiger partial charge in [-0.3, -0.25) is 0 Å². The molecule has 2 aromatic rings. The van der Waals surface area contributed by atoms with Crippen molar-refractivity contribution >= 4 is 18.0 Å². The summed E-state index contributed by atoms with van der Waals surface area (Å²) in [6.07, 6.45) is 0.708. The van der Waals surface area contributed by atoms with E-state index in [0.717, 1.165) is 5.56 Å². The lowest BCUT2D eigenvalue weighted by Gasteiger charge is -2.13. The molecular weight excluding hydrogens is 240 g/mol. The largest absolute Gasteiger partial charge is 0.324 e. The summed E-state index contributed by atoms with van der Waals surface area (Å²) in [6.45, 7) is 0. The monoisotopic (exact) mass is 254 g/mol. The normalized spacial score (nSPS) is 11.4. The van der Waals surface area contributed by atoms with Crippen LogP contribution in [0.3, 0.4) is 0 Å². The molecule has 0 aliphatic carbocycles. The number of para-hydroxylation sites is 1. The van der Waals surface area contributed by atoms with E-state index in [4.69, 9.17) is 0 Å². The summed E-state index contributed by atoms with van der Waals surface area (Å²) < 4.78 is 0. The van der Waals surface area contributed by atoms with Crippen LogP contribution in [0, 0.1) is 0 Å². The number of carbonyl (C=O) groups is 2. The number of urea groups is 1. The van der Waals surface area contributed by atoms with Crippen LogP contribution >= 0.6 is 0 Å². The fourth-order valence-corrected chi connectivity index (χ4v) is 1.69. The van der Waals surface area contributed by atoms with Gasteiger partial charge in [0.05, 0.1) is 0 Å². The van der Waals surface area contributed by atoms with E-state index in [-0.39, 0.29) is 0 Å². The fraction of sp³-hybridized carbons (Fsp3) is 0.0667. The number of anilines is 1. The van der Waals surface area contributed by atoms with Crippen LogP contribution in [-0.4, -0.2) is 12.3 Å². The summed E-state index contributed by atoms with van der Waals surface area (Å²) in [5.41, 5.74) is 1.43. The Hall–Kier alpha value is -2.62. The number of benzene rings is 2. The molecule has 0 radical (unpaired) electrons. The molecule has 0 saturated heterocycles. The van der Waals surface area contributed by atoms with Crippen LogP contribution in [0.15, 0.2) is 60.7 Å². The van der Waals surface area contributed by atoms with E-state index in [1.54, 1.807) is 24.3 Å². The van der Waals surface area contributed by atoms with Crippen molar-refractivity contribution in [2.24, 2.45) is 0 Å². The molecule has 0 spiro atoms. The molecule has 0 saturated carbocycles. The van der Waals surface area contributed by atoms with Gasteiger partial charge in [0.25, 0.3) is 0 Å². The van der Waals surface area contributed by atoms with E-state index < -0.39 is 12.1 Å². The van der Waals surface area contributed by atoms with Crippen molar-refractivity contribution in [2.45, 2.75) is 6.04 Å². The van der Waals surface area contributed by atoms with E-state index in [9.17, 15) is 9.59 Å². The van der Waals surface area contributed by atoms with Crippen molar-refractivity contribution in [3.63, 3.8) is 0 Å². The van der Waals surface area contributed by atoms with Gasteiger partial charge in [0.2, 0.25) is 0 Å². The molecule has 96 valence electrons. The van der Waals surface area contributed by atoms with E-state index in [0.29, 0.717) is 12.0 Å². The Morgan fingerprint density at radius 2 is 1.53 bits per heavy atom. The maximum atomic E-state index is 11.8. The first-order chi connectivity index (χ1) is 9.29. The summed E-state index contributed by atoms with van der Waals surface area (Å²) in [7, 11) is 0. The Balaban J connectivity index is 1.99. The molecule has 4 heteroatoms. The zero-order chi connectivity index (χ0) is 13.5. The lowest BCUT2D eigenvalue weighted by Crippen LogP contribution is -2.33. The molecule has 0 aliphatic rings. The van der Waals surface area contributed by atoms with Crippen LogP contribution in [0.5, 0.6) is 0 Å². The number of nitrogens with one attached hydrogen (secondary N) is 2. The molecule has 0 aromatic heterocycles. The molecule has 2 rings (SSSR count). The predicted octanol–water partition coefficient (Wildman–Crippen LogP) is 2.75. The number of hydrogen-bond donors (Lipinski definition) is 2. The van der Waals surface area contributed by atoms with Crippen LogP contribution in [0.4, 0.5) is 10.5 Å². The highest BCUT2D eigenvalue weighted by Crippen LogP contribution is 2.10. The third kappa shape index (κ3) is 3.67. The van der Waals surface area contributed by atoms with Crippen molar-refractivity contribution < 1.29 is 9.59 Å². The number of aldehydes is 1. The maximum absolute atomic E-state index is 11.8. The second-order valence-electron chi connectivity index (χ2n) is 3.99. The Morgan fingerprint density at radius 3 is 2.11 bits per heavy atom. The highest BCUT2D eigenvalue weighted by molar-refractivity contribution is 5.91. The smallest absolute Gasteiger partial charge is 0.320 e. The Bertz CT molecular complexity index is 541. The van der Waals surface area contributed by atoms with Crippen molar-refractivity contribution in [3.8, 4) is 0 Å². The van der Waals surface area contributed by atoms with E-state index in [1.165, 1.54) is 0 Å². The summed E-state index contributed by atoms with van der Waals surface area (Å²) in [6, 6.07) is 17.1. The second-order valence-corrected chi connectivity index (χ2v) is 3.99. The maximum Gasteiger partial charge on any atom is 0.320 e. The molecule has 2 aromatic carbocycles. The minimum atomic E-state index is -0.648. The summed E-state index contributed by atoms with van der Waals surface area (Å²) in [4.78, 5) is 22.8. The first-order valence-corrected chi connectivity index (χ1v) is 5.92. The van der Waals surface area contributed by atoms with Crippen LogP contribution in [0.2, 0.25) is 0 Å². The lowest BCUT2D eigenvalue weighted by atomic mass is 10.1. The summed E-state index contributed by atoms with van der Waals surface area (Å²) in [5, 5.41) is 5.28. The van der Waals surface area contributed by atoms with Gasteiger partial charge in [-0.25, -0.2) is 4.79 Å². The third-order valence-electron chi connectivity index (χ3n) is 2.61. The van der Waals surface area contributed by atoms with E-state index in [1.807, 2.05) is 36.4 Å². The molecule has 2 N–H and O–H groups in total. The predicted molar refractivity (Wildman–Crippen MR) is 73.8 cm³/mol. The molecular formula is C15H14N2O2. The van der Waals surface area contributed by atoms with Gasteiger partial charge in [-0.15, -0.1) is 0 Å². The van der Waals surface area contributed by atoms with Crippen LogP contribution in [0.1, 0.15) is 11.6 Å². The van der Waals surface area contributed by atoms with Crippen molar-refractivity contribution in [2.75, 3.05) is 5.32 Å². The molecule has 4 nitrogen and oxygen atoms in total. The Morgan fingerprint density at radius 1 is 0.947 bits per heavy atom. The van der Waals surface area contributed by atoms with Gasteiger partial charge in [0.1, 0.15) is 12.3 Å². The first kappa shape index (κ1) is 12.8. The zero-order valence-electron chi connectivity index (χ0n) is 10.2. The average Bonchev–Trinajstić information content (AvgIpc) is 2.47. The Kier molecular flexibility index (Phi) is 4.29.